The van der Waals surface area contributed by atoms with Crippen molar-refractivity contribution >= 4 is 17.5 Å². The SMILES string of the molecule is O=C(COc1ccc(F)cc1)NC[C@@H](c1ccccc1Cl)N1CCCCC1. The molecular weight excluding hydrogens is 367 g/mol. The first-order chi connectivity index (χ1) is 13.1. The van der Waals surface area contributed by atoms with Crippen LogP contribution < -0.4 is 10.1 Å². The summed E-state index contributed by atoms with van der Waals surface area (Å²) in [5, 5.41) is 3.66. The summed E-state index contributed by atoms with van der Waals surface area (Å²) in [6.07, 6.45) is 3.55. The van der Waals surface area contributed by atoms with Crippen LogP contribution in [0, 0.1) is 5.82 Å². The molecule has 1 N–H and O–H groups in total. The maximum absolute atomic E-state index is 12.9. The molecule has 0 radical (unpaired) electrons. The lowest BCUT2D eigenvalue weighted by Gasteiger charge is -2.35. The summed E-state index contributed by atoms with van der Waals surface area (Å²) in [6.45, 7) is 2.35. The van der Waals surface area contributed by atoms with Gasteiger partial charge in [-0.2, -0.15) is 0 Å². The predicted molar refractivity (Wildman–Crippen MR) is 105 cm³/mol. The Bertz CT molecular complexity index is 748. The zero-order valence-electron chi connectivity index (χ0n) is 15.2. The van der Waals surface area contributed by atoms with Gasteiger partial charge in [-0.25, -0.2) is 4.39 Å². The van der Waals surface area contributed by atoms with E-state index in [1.807, 2.05) is 24.3 Å². The predicted octanol–water partition coefficient (Wildman–Crippen LogP) is 4.20. The van der Waals surface area contributed by atoms with E-state index in [2.05, 4.69) is 10.2 Å². The third kappa shape index (κ3) is 5.68. The van der Waals surface area contributed by atoms with E-state index in [-0.39, 0.29) is 24.4 Å². The number of piperidine rings is 1. The third-order valence-corrected chi connectivity index (χ3v) is 5.12. The van der Waals surface area contributed by atoms with Gasteiger partial charge < -0.3 is 10.1 Å². The number of likely N-dealkylation sites (tertiary alicyclic amines) is 1. The number of halogens is 2. The van der Waals surface area contributed by atoms with Crippen LogP contribution >= 0.6 is 11.6 Å². The van der Waals surface area contributed by atoms with Crippen LogP contribution in [0.1, 0.15) is 30.9 Å². The van der Waals surface area contributed by atoms with Crippen LogP contribution in [-0.2, 0) is 4.79 Å². The van der Waals surface area contributed by atoms with Crippen molar-refractivity contribution in [1.82, 2.24) is 10.2 Å². The van der Waals surface area contributed by atoms with Crippen molar-refractivity contribution in [3.63, 3.8) is 0 Å². The topological polar surface area (TPSA) is 41.6 Å². The summed E-state index contributed by atoms with van der Waals surface area (Å²) in [5.74, 6) is -0.0884. The number of benzene rings is 2. The molecule has 6 heteroatoms. The molecule has 2 aromatic rings. The molecule has 144 valence electrons. The quantitative estimate of drug-likeness (QED) is 0.770. The average molecular weight is 391 g/mol. The zero-order valence-corrected chi connectivity index (χ0v) is 15.9. The second-order valence-electron chi connectivity index (χ2n) is 6.68. The van der Waals surface area contributed by atoms with Gasteiger partial charge in [0.05, 0.1) is 6.04 Å². The molecule has 1 aliphatic rings. The Morgan fingerprint density at radius 1 is 1.11 bits per heavy atom. The van der Waals surface area contributed by atoms with Crippen LogP contribution in [0.25, 0.3) is 0 Å². The minimum absolute atomic E-state index is 0.0359. The first kappa shape index (κ1) is 19.6. The van der Waals surface area contributed by atoms with Crippen LogP contribution in [0.4, 0.5) is 4.39 Å². The molecule has 0 aromatic heterocycles. The van der Waals surface area contributed by atoms with Gasteiger partial charge in [0.1, 0.15) is 11.6 Å². The normalized spacial score (nSPS) is 15.9. The van der Waals surface area contributed by atoms with E-state index in [1.165, 1.54) is 30.7 Å². The Balaban J connectivity index is 1.59. The van der Waals surface area contributed by atoms with Crippen LogP contribution in [-0.4, -0.2) is 37.0 Å². The van der Waals surface area contributed by atoms with Gasteiger partial charge in [-0.3, -0.25) is 9.69 Å². The molecule has 0 saturated carbocycles. The summed E-state index contributed by atoms with van der Waals surface area (Å²) in [7, 11) is 0. The molecule has 1 saturated heterocycles. The number of carbonyl (C=O) groups excluding carboxylic acids is 1. The first-order valence-corrected chi connectivity index (χ1v) is 9.65. The van der Waals surface area contributed by atoms with E-state index in [1.54, 1.807) is 0 Å². The van der Waals surface area contributed by atoms with Crippen molar-refractivity contribution in [2.45, 2.75) is 25.3 Å². The van der Waals surface area contributed by atoms with Crippen molar-refractivity contribution in [2.75, 3.05) is 26.2 Å². The van der Waals surface area contributed by atoms with E-state index in [0.29, 0.717) is 17.3 Å². The summed E-state index contributed by atoms with van der Waals surface area (Å²) in [4.78, 5) is 14.6. The standard InChI is InChI=1S/C21H24ClFN2O2/c22-19-7-3-2-6-18(19)20(25-12-4-1-5-13-25)14-24-21(26)15-27-17-10-8-16(23)9-11-17/h2-3,6-11,20H,1,4-5,12-15H2,(H,24,26)/t20-/m0/s1. The maximum atomic E-state index is 12.9. The zero-order chi connectivity index (χ0) is 19.1. The van der Waals surface area contributed by atoms with Crippen LogP contribution in [0.2, 0.25) is 5.02 Å². The first-order valence-electron chi connectivity index (χ1n) is 9.27. The lowest BCUT2D eigenvalue weighted by atomic mass is 10.0. The van der Waals surface area contributed by atoms with Crippen LogP contribution in [0.3, 0.4) is 0 Å². The van der Waals surface area contributed by atoms with Crippen molar-refractivity contribution in [3.8, 4) is 5.75 Å². The molecule has 0 bridgehead atoms. The molecule has 0 unspecified atom stereocenters. The number of rotatable bonds is 7. The highest BCUT2D eigenvalue weighted by Crippen LogP contribution is 2.29. The summed E-state index contributed by atoms with van der Waals surface area (Å²) in [6, 6.07) is 13.4. The molecule has 0 aliphatic carbocycles. The molecule has 27 heavy (non-hydrogen) atoms. The van der Waals surface area contributed by atoms with Crippen molar-refractivity contribution < 1.29 is 13.9 Å². The Morgan fingerprint density at radius 3 is 2.52 bits per heavy atom. The van der Waals surface area contributed by atoms with E-state index in [0.717, 1.165) is 31.5 Å². The van der Waals surface area contributed by atoms with Crippen molar-refractivity contribution in [1.29, 1.82) is 0 Å². The van der Waals surface area contributed by atoms with E-state index < -0.39 is 0 Å². The monoisotopic (exact) mass is 390 g/mol. The molecule has 1 heterocycles. The number of amides is 1. The fourth-order valence-electron chi connectivity index (χ4n) is 3.35. The Labute approximate surface area is 164 Å². The largest absolute Gasteiger partial charge is 0.484 e. The van der Waals surface area contributed by atoms with Gasteiger partial charge in [-0.05, 0) is 61.8 Å². The number of nitrogens with one attached hydrogen (secondary N) is 1. The van der Waals surface area contributed by atoms with Crippen LogP contribution in [0.15, 0.2) is 48.5 Å². The average Bonchev–Trinajstić information content (AvgIpc) is 2.70. The molecule has 1 fully saturated rings. The smallest absolute Gasteiger partial charge is 0.258 e. The van der Waals surface area contributed by atoms with Gasteiger partial charge in [0.2, 0.25) is 0 Å². The van der Waals surface area contributed by atoms with Gasteiger partial charge in [-0.1, -0.05) is 36.2 Å². The minimum atomic E-state index is -0.337. The van der Waals surface area contributed by atoms with E-state index >= 15 is 0 Å². The summed E-state index contributed by atoms with van der Waals surface area (Å²) < 4.78 is 18.3. The minimum Gasteiger partial charge on any atom is -0.484 e. The van der Waals surface area contributed by atoms with Gasteiger partial charge >= 0.3 is 0 Å². The lowest BCUT2D eigenvalue weighted by Crippen LogP contribution is -2.41. The molecule has 4 nitrogen and oxygen atoms in total. The highest BCUT2D eigenvalue weighted by Gasteiger charge is 2.24. The number of nitrogens with zero attached hydrogens (tertiary/aromatic N) is 1. The second-order valence-corrected chi connectivity index (χ2v) is 7.09. The number of hydrogen-bond donors (Lipinski definition) is 1. The summed E-state index contributed by atoms with van der Waals surface area (Å²) >= 11 is 6.41. The fraction of sp³-hybridized carbons (Fsp3) is 0.381. The van der Waals surface area contributed by atoms with Crippen molar-refractivity contribution in [3.05, 3.63) is 64.9 Å². The van der Waals surface area contributed by atoms with Gasteiger partial charge in [-0.15, -0.1) is 0 Å². The van der Waals surface area contributed by atoms with Gasteiger partial charge in [0, 0.05) is 11.6 Å². The molecule has 1 amide bonds. The molecule has 0 spiro atoms. The molecule has 2 aromatic carbocycles. The fourth-order valence-corrected chi connectivity index (χ4v) is 3.61. The Kier molecular flexibility index (Phi) is 7.07. The lowest BCUT2D eigenvalue weighted by molar-refractivity contribution is -0.123. The van der Waals surface area contributed by atoms with Gasteiger partial charge in [0.25, 0.3) is 5.91 Å². The van der Waals surface area contributed by atoms with E-state index in [4.69, 9.17) is 16.3 Å². The number of carbonyl (C=O) groups is 1. The Morgan fingerprint density at radius 2 is 1.81 bits per heavy atom. The Hall–Kier alpha value is -2.11. The molecule has 1 atom stereocenters. The summed E-state index contributed by atoms with van der Waals surface area (Å²) in [5.41, 5.74) is 1.03. The third-order valence-electron chi connectivity index (χ3n) is 4.77. The van der Waals surface area contributed by atoms with Gasteiger partial charge in [0.15, 0.2) is 6.61 Å². The maximum Gasteiger partial charge on any atom is 0.258 e. The number of hydrogen-bond acceptors (Lipinski definition) is 3. The highest BCUT2D eigenvalue weighted by atomic mass is 35.5. The van der Waals surface area contributed by atoms with Crippen LogP contribution in [0.5, 0.6) is 5.75 Å². The highest BCUT2D eigenvalue weighted by molar-refractivity contribution is 6.31. The molecule has 3 rings (SSSR count). The van der Waals surface area contributed by atoms with E-state index in [9.17, 15) is 9.18 Å². The number of ether oxygens (including phenoxy) is 1. The molecule has 1 aliphatic heterocycles. The second kappa shape index (κ2) is 9.72. The molecular formula is C21H24ClFN2O2. The van der Waals surface area contributed by atoms with Crippen molar-refractivity contribution in [2.24, 2.45) is 0 Å².